The summed E-state index contributed by atoms with van der Waals surface area (Å²) in [5.41, 5.74) is 1.99. The van der Waals surface area contributed by atoms with Crippen LogP contribution in [-0.2, 0) is 18.4 Å². The second-order valence-electron chi connectivity index (χ2n) is 4.43. The van der Waals surface area contributed by atoms with Gasteiger partial charge >= 0.3 is 0 Å². The van der Waals surface area contributed by atoms with Crippen LogP contribution in [0, 0.1) is 12.8 Å². The fourth-order valence-electron chi connectivity index (χ4n) is 2.04. The lowest BCUT2D eigenvalue weighted by Crippen LogP contribution is -2.25. The largest absolute Gasteiger partial charge is 0.396 e. The summed E-state index contributed by atoms with van der Waals surface area (Å²) in [5, 5.41) is 13.3. The number of aryl methyl sites for hydroxylation is 2. The van der Waals surface area contributed by atoms with Gasteiger partial charge in [-0.25, -0.2) is 0 Å². The van der Waals surface area contributed by atoms with Crippen LogP contribution in [0.25, 0.3) is 0 Å². The molecular weight excluding hydrogens is 206 g/mol. The zero-order chi connectivity index (χ0) is 11.7. The number of carbonyl (C=O) groups excluding carboxylic acids is 1. The van der Waals surface area contributed by atoms with Crippen LogP contribution in [-0.4, -0.2) is 38.8 Å². The third kappa shape index (κ3) is 2.09. The molecule has 5 heteroatoms. The van der Waals surface area contributed by atoms with E-state index in [-0.39, 0.29) is 18.4 Å². The van der Waals surface area contributed by atoms with Gasteiger partial charge in [-0.05, 0) is 13.0 Å². The van der Waals surface area contributed by atoms with Crippen LogP contribution in [0.2, 0.25) is 0 Å². The van der Waals surface area contributed by atoms with Gasteiger partial charge in [0.15, 0.2) is 0 Å². The fourth-order valence-corrected chi connectivity index (χ4v) is 2.04. The number of likely N-dealkylation sites (tertiary alicyclic amines) is 1. The Balaban J connectivity index is 2.02. The van der Waals surface area contributed by atoms with Crippen molar-refractivity contribution in [2.45, 2.75) is 19.9 Å². The molecule has 1 atom stereocenters. The van der Waals surface area contributed by atoms with Gasteiger partial charge in [-0.15, -0.1) is 0 Å². The maximum atomic E-state index is 11.6. The average Bonchev–Trinajstić information content (AvgIpc) is 2.73. The van der Waals surface area contributed by atoms with Gasteiger partial charge in [-0.3, -0.25) is 9.48 Å². The second-order valence-corrected chi connectivity index (χ2v) is 4.43. The van der Waals surface area contributed by atoms with Gasteiger partial charge in [0.25, 0.3) is 0 Å². The van der Waals surface area contributed by atoms with Crippen LogP contribution in [0.15, 0.2) is 6.07 Å². The fraction of sp³-hybridized carbons (Fsp3) is 0.636. The van der Waals surface area contributed by atoms with Crippen LogP contribution in [0.3, 0.4) is 0 Å². The van der Waals surface area contributed by atoms with E-state index in [0.29, 0.717) is 19.5 Å². The number of rotatable bonds is 3. The number of hydrogen-bond acceptors (Lipinski definition) is 3. The van der Waals surface area contributed by atoms with E-state index < -0.39 is 0 Å². The standard InChI is InChI=1S/C11H17N3O2/c1-8-3-10(12-13(8)2)6-14-5-9(7-15)4-11(14)16/h3,9,15H,4-7H2,1-2H3. The third-order valence-electron chi connectivity index (χ3n) is 3.07. The van der Waals surface area contributed by atoms with E-state index in [1.807, 2.05) is 20.0 Å². The van der Waals surface area contributed by atoms with Crippen LogP contribution < -0.4 is 0 Å². The van der Waals surface area contributed by atoms with Gasteiger partial charge in [0.05, 0.1) is 12.2 Å². The van der Waals surface area contributed by atoms with Crippen molar-refractivity contribution in [3.63, 3.8) is 0 Å². The number of amides is 1. The molecule has 0 spiro atoms. The molecule has 1 fully saturated rings. The lowest BCUT2D eigenvalue weighted by atomic mass is 10.1. The molecule has 1 aliphatic heterocycles. The van der Waals surface area contributed by atoms with E-state index in [0.717, 1.165) is 11.4 Å². The molecule has 1 unspecified atom stereocenters. The zero-order valence-corrected chi connectivity index (χ0v) is 9.68. The SMILES string of the molecule is Cc1cc(CN2CC(CO)CC2=O)nn1C. The molecule has 16 heavy (non-hydrogen) atoms. The first-order valence-electron chi connectivity index (χ1n) is 5.48. The van der Waals surface area contributed by atoms with Crippen molar-refractivity contribution >= 4 is 5.91 Å². The summed E-state index contributed by atoms with van der Waals surface area (Å²) in [7, 11) is 1.89. The van der Waals surface area contributed by atoms with Gasteiger partial charge < -0.3 is 10.0 Å². The van der Waals surface area contributed by atoms with Crippen molar-refractivity contribution in [2.75, 3.05) is 13.2 Å². The summed E-state index contributed by atoms with van der Waals surface area (Å²) < 4.78 is 1.80. The molecule has 5 nitrogen and oxygen atoms in total. The molecule has 0 aromatic carbocycles. The molecule has 1 saturated heterocycles. The van der Waals surface area contributed by atoms with Crippen molar-refractivity contribution in [3.8, 4) is 0 Å². The monoisotopic (exact) mass is 223 g/mol. The normalized spacial score (nSPS) is 20.8. The number of aromatic nitrogens is 2. The molecule has 1 amide bonds. The smallest absolute Gasteiger partial charge is 0.223 e. The molecule has 1 aromatic heterocycles. The topological polar surface area (TPSA) is 58.4 Å². The third-order valence-corrected chi connectivity index (χ3v) is 3.07. The molecule has 1 aliphatic rings. The van der Waals surface area contributed by atoms with Gasteiger partial charge in [-0.1, -0.05) is 0 Å². The Morgan fingerprint density at radius 3 is 2.88 bits per heavy atom. The number of aliphatic hydroxyl groups excluding tert-OH is 1. The van der Waals surface area contributed by atoms with Crippen LogP contribution >= 0.6 is 0 Å². The summed E-state index contributed by atoms with van der Waals surface area (Å²) in [6.07, 6.45) is 0.461. The highest BCUT2D eigenvalue weighted by atomic mass is 16.3. The van der Waals surface area contributed by atoms with Gasteiger partial charge in [0, 0.05) is 38.2 Å². The highest BCUT2D eigenvalue weighted by molar-refractivity contribution is 5.78. The molecule has 1 aromatic rings. The maximum Gasteiger partial charge on any atom is 0.223 e. The lowest BCUT2D eigenvalue weighted by molar-refractivity contribution is -0.128. The summed E-state index contributed by atoms with van der Waals surface area (Å²) in [6.45, 7) is 3.27. The summed E-state index contributed by atoms with van der Waals surface area (Å²) in [4.78, 5) is 13.4. The highest BCUT2D eigenvalue weighted by Gasteiger charge is 2.29. The lowest BCUT2D eigenvalue weighted by Gasteiger charge is -2.14. The van der Waals surface area contributed by atoms with E-state index in [1.54, 1.807) is 9.58 Å². The predicted octanol–water partition coefficient (Wildman–Crippen LogP) is 0.0693. The van der Waals surface area contributed by atoms with Crippen LogP contribution in [0.5, 0.6) is 0 Å². The Hall–Kier alpha value is -1.36. The molecular formula is C11H17N3O2. The van der Waals surface area contributed by atoms with E-state index in [2.05, 4.69) is 5.10 Å². The minimum absolute atomic E-state index is 0.0868. The van der Waals surface area contributed by atoms with Gasteiger partial charge in [0.1, 0.15) is 0 Å². The quantitative estimate of drug-likeness (QED) is 0.789. The van der Waals surface area contributed by atoms with Crippen molar-refractivity contribution in [3.05, 3.63) is 17.5 Å². The number of hydrogen-bond donors (Lipinski definition) is 1. The molecule has 2 heterocycles. The first-order valence-corrected chi connectivity index (χ1v) is 5.48. The maximum absolute atomic E-state index is 11.6. The zero-order valence-electron chi connectivity index (χ0n) is 9.68. The Labute approximate surface area is 94.7 Å². The van der Waals surface area contributed by atoms with E-state index >= 15 is 0 Å². The number of carbonyl (C=O) groups is 1. The van der Waals surface area contributed by atoms with Crippen LogP contribution in [0.4, 0.5) is 0 Å². The first kappa shape index (κ1) is 11.1. The first-order chi connectivity index (χ1) is 7.60. The van der Waals surface area contributed by atoms with Gasteiger partial charge in [0.2, 0.25) is 5.91 Å². The van der Waals surface area contributed by atoms with E-state index in [1.165, 1.54) is 0 Å². The Morgan fingerprint density at radius 2 is 2.38 bits per heavy atom. The predicted molar refractivity (Wildman–Crippen MR) is 58.6 cm³/mol. The van der Waals surface area contributed by atoms with Crippen molar-refractivity contribution in [2.24, 2.45) is 13.0 Å². The van der Waals surface area contributed by atoms with Crippen molar-refractivity contribution in [1.29, 1.82) is 0 Å². The molecule has 0 saturated carbocycles. The molecule has 0 radical (unpaired) electrons. The molecule has 0 aliphatic carbocycles. The molecule has 0 bridgehead atoms. The van der Waals surface area contributed by atoms with Crippen molar-refractivity contribution < 1.29 is 9.90 Å². The average molecular weight is 223 g/mol. The Bertz CT molecular complexity index is 380. The minimum Gasteiger partial charge on any atom is -0.396 e. The molecule has 1 N–H and O–H groups in total. The van der Waals surface area contributed by atoms with Crippen molar-refractivity contribution in [1.82, 2.24) is 14.7 Å². The summed E-state index contributed by atoms with van der Waals surface area (Å²) in [5.74, 6) is 0.208. The van der Waals surface area contributed by atoms with Crippen LogP contribution in [0.1, 0.15) is 17.8 Å². The summed E-state index contributed by atoms with van der Waals surface area (Å²) >= 11 is 0. The second kappa shape index (κ2) is 4.25. The van der Waals surface area contributed by atoms with Gasteiger partial charge in [-0.2, -0.15) is 5.10 Å². The Kier molecular flexibility index (Phi) is 2.96. The summed E-state index contributed by atoms with van der Waals surface area (Å²) in [6, 6.07) is 1.99. The Morgan fingerprint density at radius 1 is 1.62 bits per heavy atom. The minimum atomic E-state index is 0.0868. The molecule has 2 rings (SSSR count). The number of nitrogens with zero attached hydrogens (tertiary/aromatic N) is 3. The molecule has 88 valence electrons. The highest BCUT2D eigenvalue weighted by Crippen LogP contribution is 2.19. The van der Waals surface area contributed by atoms with E-state index in [9.17, 15) is 4.79 Å². The number of aliphatic hydroxyl groups is 1. The van der Waals surface area contributed by atoms with E-state index in [4.69, 9.17) is 5.11 Å².